The molecule has 0 aliphatic heterocycles. The number of halogens is 6. The molecule has 0 spiro atoms. The molecule has 0 atom stereocenters. The number of nitrogens with zero attached hydrogens (tertiary/aromatic N) is 3. The van der Waals surface area contributed by atoms with Crippen LogP contribution in [0.3, 0.4) is 0 Å². The molecular weight excluding hydrogens is 539 g/mol. The summed E-state index contributed by atoms with van der Waals surface area (Å²) in [6.07, 6.45) is -3.73. The first kappa shape index (κ1) is 29.5. The van der Waals surface area contributed by atoms with Crippen LogP contribution >= 0.6 is 11.6 Å². The number of rotatable bonds is 11. The molecular formula is C20H22ClF5N4O5S. The molecule has 0 unspecified atom stereocenters. The Labute approximate surface area is 208 Å². The van der Waals surface area contributed by atoms with Crippen LogP contribution in [-0.2, 0) is 10.2 Å². The van der Waals surface area contributed by atoms with Crippen molar-refractivity contribution in [3.8, 4) is 17.4 Å². The minimum absolute atomic E-state index is 0.107. The molecule has 1 amide bonds. The van der Waals surface area contributed by atoms with E-state index in [2.05, 4.69) is 15.0 Å². The number of amides is 1. The SMILES string of the molecule is CCN(CCNC(=O)c1cc(F)c(Oc2cnc(OCC(F)(F)F)c(Cl)c2)cc1F)S(=O)(=O)N(C)C. The van der Waals surface area contributed by atoms with E-state index < -0.39 is 57.7 Å². The largest absolute Gasteiger partial charge is 0.467 e. The van der Waals surface area contributed by atoms with Crippen LogP contribution in [0.15, 0.2) is 24.4 Å². The van der Waals surface area contributed by atoms with Crippen molar-refractivity contribution >= 4 is 27.7 Å². The van der Waals surface area contributed by atoms with Gasteiger partial charge in [-0.2, -0.15) is 30.2 Å². The number of alkyl halides is 3. The van der Waals surface area contributed by atoms with Crippen molar-refractivity contribution in [2.24, 2.45) is 0 Å². The number of hydrogen-bond acceptors (Lipinski definition) is 6. The van der Waals surface area contributed by atoms with Crippen LogP contribution in [-0.4, -0.2) is 74.4 Å². The van der Waals surface area contributed by atoms with Gasteiger partial charge in [-0.25, -0.2) is 13.8 Å². The second kappa shape index (κ2) is 12.0. The van der Waals surface area contributed by atoms with Crippen molar-refractivity contribution in [3.05, 3.63) is 46.6 Å². The van der Waals surface area contributed by atoms with Crippen LogP contribution in [0, 0.1) is 11.6 Å². The molecule has 16 heteroatoms. The molecule has 1 N–H and O–H groups in total. The first-order chi connectivity index (χ1) is 16.7. The third kappa shape index (κ3) is 7.88. The lowest BCUT2D eigenvalue weighted by Gasteiger charge is -2.24. The maximum atomic E-state index is 14.5. The fourth-order valence-corrected chi connectivity index (χ4v) is 4.01. The molecule has 36 heavy (non-hydrogen) atoms. The minimum atomic E-state index is -4.62. The van der Waals surface area contributed by atoms with Gasteiger partial charge in [0.1, 0.15) is 16.6 Å². The Kier molecular flexibility index (Phi) is 9.82. The van der Waals surface area contributed by atoms with Gasteiger partial charge >= 0.3 is 6.18 Å². The Balaban J connectivity index is 2.07. The maximum Gasteiger partial charge on any atom is 0.422 e. The van der Waals surface area contributed by atoms with Gasteiger partial charge in [-0.1, -0.05) is 18.5 Å². The number of ether oxygens (including phenoxy) is 2. The Morgan fingerprint density at radius 3 is 2.39 bits per heavy atom. The number of carbonyl (C=O) groups excluding carboxylic acids is 1. The second-order valence-corrected chi connectivity index (χ2v) is 9.81. The molecule has 1 aromatic heterocycles. The van der Waals surface area contributed by atoms with Crippen molar-refractivity contribution in [2.75, 3.05) is 40.3 Å². The number of hydrogen-bond donors (Lipinski definition) is 1. The van der Waals surface area contributed by atoms with E-state index in [1.54, 1.807) is 6.92 Å². The van der Waals surface area contributed by atoms with Crippen LogP contribution in [0.1, 0.15) is 17.3 Å². The van der Waals surface area contributed by atoms with Gasteiger partial charge in [0.2, 0.25) is 5.88 Å². The predicted molar refractivity (Wildman–Crippen MR) is 119 cm³/mol. The summed E-state index contributed by atoms with van der Waals surface area (Å²) < 4.78 is 102. The molecule has 0 radical (unpaired) electrons. The number of nitrogens with one attached hydrogen (secondary N) is 1. The lowest BCUT2D eigenvalue weighted by atomic mass is 10.1. The van der Waals surface area contributed by atoms with Gasteiger partial charge in [-0.3, -0.25) is 4.79 Å². The number of pyridine rings is 1. The number of likely N-dealkylation sites (N-methyl/N-ethyl adjacent to an activating group) is 1. The average molecular weight is 561 g/mol. The number of benzene rings is 1. The smallest absolute Gasteiger partial charge is 0.422 e. The van der Waals surface area contributed by atoms with Crippen molar-refractivity contribution < 1.29 is 44.6 Å². The predicted octanol–water partition coefficient (Wildman–Crippen LogP) is 3.60. The van der Waals surface area contributed by atoms with E-state index in [0.717, 1.165) is 20.9 Å². The van der Waals surface area contributed by atoms with Gasteiger partial charge in [0.15, 0.2) is 18.2 Å². The maximum absolute atomic E-state index is 14.5. The summed E-state index contributed by atoms with van der Waals surface area (Å²) in [7, 11) is -1.03. The topological polar surface area (TPSA) is 101 Å². The first-order valence-corrected chi connectivity index (χ1v) is 11.9. The fraction of sp³-hybridized carbons (Fsp3) is 0.400. The molecule has 0 saturated carbocycles. The van der Waals surface area contributed by atoms with E-state index in [1.807, 2.05) is 0 Å². The molecule has 0 saturated heterocycles. The highest BCUT2D eigenvalue weighted by Crippen LogP contribution is 2.32. The van der Waals surface area contributed by atoms with Gasteiger partial charge in [0.05, 0.1) is 11.8 Å². The number of aromatic nitrogens is 1. The molecule has 0 aliphatic rings. The van der Waals surface area contributed by atoms with Crippen molar-refractivity contribution in [3.63, 3.8) is 0 Å². The Hall–Kier alpha value is -2.75. The normalized spacial score (nSPS) is 12.2. The quantitative estimate of drug-likeness (QED) is 0.422. The molecule has 200 valence electrons. The summed E-state index contributed by atoms with van der Waals surface area (Å²) in [6, 6.07) is 2.14. The van der Waals surface area contributed by atoms with E-state index in [1.165, 1.54) is 14.1 Å². The molecule has 0 fully saturated rings. The lowest BCUT2D eigenvalue weighted by Crippen LogP contribution is -2.43. The highest BCUT2D eigenvalue weighted by atomic mass is 35.5. The molecule has 2 rings (SSSR count). The summed E-state index contributed by atoms with van der Waals surface area (Å²) in [5.74, 6) is -4.72. The summed E-state index contributed by atoms with van der Waals surface area (Å²) in [5.41, 5.74) is -0.662. The first-order valence-electron chi connectivity index (χ1n) is 10.1. The minimum Gasteiger partial charge on any atom is -0.467 e. The van der Waals surface area contributed by atoms with Gasteiger partial charge in [-0.15, -0.1) is 0 Å². The zero-order valence-corrected chi connectivity index (χ0v) is 20.8. The molecule has 1 heterocycles. The van der Waals surface area contributed by atoms with Gasteiger partial charge in [-0.05, 0) is 6.07 Å². The average Bonchev–Trinajstić information content (AvgIpc) is 2.77. The summed E-state index contributed by atoms with van der Waals surface area (Å²) in [6.45, 7) is -0.191. The van der Waals surface area contributed by atoms with Gasteiger partial charge in [0, 0.05) is 45.9 Å². The second-order valence-electron chi connectivity index (χ2n) is 7.26. The van der Waals surface area contributed by atoms with Crippen LogP contribution in [0.4, 0.5) is 22.0 Å². The third-order valence-electron chi connectivity index (χ3n) is 4.44. The molecule has 0 aliphatic carbocycles. The van der Waals surface area contributed by atoms with Crippen LogP contribution in [0.25, 0.3) is 0 Å². The molecule has 1 aromatic carbocycles. The summed E-state index contributed by atoms with van der Waals surface area (Å²) in [4.78, 5) is 15.8. The van der Waals surface area contributed by atoms with Gasteiger partial charge in [0.25, 0.3) is 16.1 Å². The fourth-order valence-electron chi connectivity index (χ4n) is 2.68. The van der Waals surface area contributed by atoms with E-state index >= 15 is 0 Å². The van der Waals surface area contributed by atoms with E-state index in [-0.39, 0.29) is 30.4 Å². The van der Waals surface area contributed by atoms with Crippen molar-refractivity contribution in [1.29, 1.82) is 0 Å². The monoisotopic (exact) mass is 560 g/mol. The van der Waals surface area contributed by atoms with Crippen LogP contribution in [0.5, 0.6) is 17.4 Å². The summed E-state index contributed by atoms with van der Waals surface area (Å²) >= 11 is 5.79. The standard InChI is InChI=1S/C20H22ClF5N4O5S/c1-4-30(36(32,33)29(2)3)6-5-27-18(31)13-8-16(23)17(9-15(13)22)35-12-7-14(21)19(28-10-12)34-11-20(24,25)26/h7-10H,4-6,11H2,1-3H3,(H,27,31). The number of carbonyl (C=O) groups is 1. The van der Waals surface area contributed by atoms with Crippen molar-refractivity contribution in [1.82, 2.24) is 18.9 Å². The third-order valence-corrected chi connectivity index (χ3v) is 6.72. The van der Waals surface area contributed by atoms with E-state index in [0.29, 0.717) is 12.1 Å². The Morgan fingerprint density at radius 2 is 1.83 bits per heavy atom. The van der Waals surface area contributed by atoms with Crippen molar-refractivity contribution in [2.45, 2.75) is 13.1 Å². The molecule has 9 nitrogen and oxygen atoms in total. The Bertz CT molecular complexity index is 1200. The van der Waals surface area contributed by atoms with E-state index in [9.17, 15) is 35.2 Å². The van der Waals surface area contributed by atoms with E-state index in [4.69, 9.17) is 16.3 Å². The molecule has 2 aromatic rings. The van der Waals surface area contributed by atoms with Gasteiger partial charge < -0.3 is 14.8 Å². The highest BCUT2D eigenvalue weighted by molar-refractivity contribution is 7.86. The Morgan fingerprint density at radius 1 is 1.17 bits per heavy atom. The van der Waals surface area contributed by atoms with Crippen LogP contribution < -0.4 is 14.8 Å². The summed E-state index contributed by atoms with van der Waals surface area (Å²) in [5, 5.41) is 1.95. The zero-order valence-electron chi connectivity index (χ0n) is 19.2. The lowest BCUT2D eigenvalue weighted by molar-refractivity contribution is -0.154. The highest BCUT2D eigenvalue weighted by Gasteiger charge is 2.29. The molecule has 0 bridgehead atoms. The van der Waals surface area contributed by atoms with Crippen LogP contribution in [0.2, 0.25) is 5.02 Å². The zero-order chi connectivity index (χ0) is 27.3.